The van der Waals surface area contributed by atoms with Gasteiger partial charge in [-0.1, -0.05) is 17.7 Å². The van der Waals surface area contributed by atoms with Crippen LogP contribution in [-0.2, 0) is 4.79 Å². The molecule has 0 saturated carbocycles. The first-order chi connectivity index (χ1) is 11.0. The van der Waals surface area contributed by atoms with Gasteiger partial charge in [0, 0.05) is 17.8 Å². The second-order valence-corrected chi connectivity index (χ2v) is 4.81. The quantitative estimate of drug-likeness (QED) is 0.669. The number of halogens is 1. The third-order valence-electron chi connectivity index (χ3n) is 2.76. The van der Waals surface area contributed by atoms with E-state index in [1.807, 2.05) is 6.07 Å². The van der Waals surface area contributed by atoms with Crippen LogP contribution in [0.1, 0.15) is 5.56 Å². The Morgan fingerprint density at radius 1 is 1.35 bits per heavy atom. The molecule has 0 radical (unpaired) electrons. The zero-order chi connectivity index (χ0) is 16.8. The van der Waals surface area contributed by atoms with Gasteiger partial charge < -0.3 is 10.1 Å². The van der Waals surface area contributed by atoms with Gasteiger partial charge in [0.2, 0.25) is 0 Å². The predicted molar refractivity (Wildman–Crippen MR) is 83.4 cm³/mol. The monoisotopic (exact) mass is 331 g/mol. The highest BCUT2D eigenvalue weighted by atomic mass is 35.5. The predicted octanol–water partition coefficient (Wildman–Crippen LogP) is 3.14. The lowest BCUT2D eigenvalue weighted by molar-refractivity contribution is -0.384. The van der Waals surface area contributed by atoms with Gasteiger partial charge in [0.15, 0.2) is 6.61 Å². The van der Waals surface area contributed by atoms with E-state index in [2.05, 4.69) is 5.32 Å². The van der Waals surface area contributed by atoms with Gasteiger partial charge in [-0.2, -0.15) is 5.26 Å². The summed E-state index contributed by atoms with van der Waals surface area (Å²) in [7, 11) is 0. The van der Waals surface area contributed by atoms with E-state index in [0.29, 0.717) is 11.3 Å². The molecule has 0 fully saturated rings. The smallest absolute Gasteiger partial charge is 0.271 e. The first-order valence-corrected chi connectivity index (χ1v) is 6.74. The summed E-state index contributed by atoms with van der Waals surface area (Å²) in [5.74, 6) is -0.285. The minimum atomic E-state index is -0.579. The SMILES string of the molecule is N#Cc1cccc(NC(=O)COc2ccc([N+](=O)[O-])cc2Cl)c1. The number of carbonyl (C=O) groups is 1. The minimum absolute atomic E-state index is 0.0403. The molecule has 23 heavy (non-hydrogen) atoms. The first kappa shape index (κ1) is 16.3. The van der Waals surface area contributed by atoms with Crippen LogP contribution in [0.2, 0.25) is 5.02 Å². The van der Waals surface area contributed by atoms with Crippen molar-refractivity contribution in [2.45, 2.75) is 0 Å². The molecular formula is C15H10ClN3O4. The van der Waals surface area contributed by atoms with E-state index in [9.17, 15) is 14.9 Å². The fourth-order valence-electron chi connectivity index (χ4n) is 1.73. The summed E-state index contributed by atoms with van der Waals surface area (Å²) in [5.41, 5.74) is 0.717. The molecule has 0 spiro atoms. The molecule has 1 amide bonds. The van der Waals surface area contributed by atoms with Gasteiger partial charge in [-0.15, -0.1) is 0 Å². The van der Waals surface area contributed by atoms with Gasteiger partial charge in [0.25, 0.3) is 11.6 Å². The standard InChI is InChI=1S/C15H10ClN3O4/c16-13-7-12(19(21)22)4-5-14(13)23-9-15(20)18-11-3-1-2-10(6-11)8-17/h1-7H,9H2,(H,18,20). The Morgan fingerprint density at radius 2 is 2.13 bits per heavy atom. The number of nitriles is 1. The van der Waals surface area contributed by atoms with Crippen molar-refractivity contribution in [3.63, 3.8) is 0 Å². The summed E-state index contributed by atoms with van der Waals surface area (Å²) in [4.78, 5) is 21.8. The Morgan fingerprint density at radius 3 is 2.78 bits per heavy atom. The average Bonchev–Trinajstić information content (AvgIpc) is 2.53. The number of nitrogens with one attached hydrogen (secondary N) is 1. The molecule has 0 heterocycles. The van der Waals surface area contributed by atoms with E-state index in [4.69, 9.17) is 21.6 Å². The Labute approximate surface area is 136 Å². The molecule has 8 heteroatoms. The van der Waals surface area contributed by atoms with Crippen molar-refractivity contribution < 1.29 is 14.5 Å². The number of nitrogens with zero attached hydrogens (tertiary/aromatic N) is 2. The van der Waals surface area contributed by atoms with Crippen LogP contribution in [0.3, 0.4) is 0 Å². The summed E-state index contributed by atoms with van der Waals surface area (Å²) in [6, 6.07) is 12.1. The first-order valence-electron chi connectivity index (χ1n) is 6.36. The van der Waals surface area contributed by atoms with Gasteiger partial charge in [-0.25, -0.2) is 0 Å². The summed E-state index contributed by atoms with van der Waals surface area (Å²) in [6.45, 7) is -0.325. The molecule has 0 unspecified atom stereocenters. The number of nitro benzene ring substituents is 1. The van der Waals surface area contributed by atoms with Crippen LogP contribution >= 0.6 is 11.6 Å². The van der Waals surface area contributed by atoms with Gasteiger partial charge in [-0.05, 0) is 24.3 Å². The number of non-ortho nitro benzene ring substituents is 1. The number of rotatable bonds is 5. The summed E-state index contributed by atoms with van der Waals surface area (Å²) in [6.07, 6.45) is 0. The van der Waals surface area contributed by atoms with Crippen molar-refractivity contribution in [1.82, 2.24) is 0 Å². The number of amides is 1. The van der Waals surface area contributed by atoms with Crippen molar-refractivity contribution in [2.24, 2.45) is 0 Å². The lowest BCUT2D eigenvalue weighted by atomic mass is 10.2. The van der Waals surface area contributed by atoms with E-state index in [-0.39, 0.29) is 23.1 Å². The maximum absolute atomic E-state index is 11.8. The van der Waals surface area contributed by atoms with Crippen molar-refractivity contribution >= 4 is 28.9 Å². The van der Waals surface area contributed by atoms with Crippen LogP contribution in [0.15, 0.2) is 42.5 Å². The number of benzene rings is 2. The van der Waals surface area contributed by atoms with E-state index in [1.54, 1.807) is 18.2 Å². The highest BCUT2D eigenvalue weighted by Crippen LogP contribution is 2.28. The number of ether oxygens (including phenoxy) is 1. The van der Waals surface area contributed by atoms with Crippen molar-refractivity contribution in [3.05, 3.63) is 63.2 Å². The summed E-state index contributed by atoms with van der Waals surface area (Å²) < 4.78 is 5.23. The Balaban J connectivity index is 1.96. The van der Waals surface area contributed by atoms with Crippen LogP contribution in [0.25, 0.3) is 0 Å². The fourth-order valence-corrected chi connectivity index (χ4v) is 1.96. The largest absolute Gasteiger partial charge is 0.482 e. The molecule has 0 aliphatic carbocycles. The van der Waals surface area contributed by atoms with Crippen LogP contribution in [0.5, 0.6) is 5.75 Å². The van der Waals surface area contributed by atoms with E-state index in [1.165, 1.54) is 18.2 Å². The fraction of sp³-hybridized carbons (Fsp3) is 0.0667. The van der Waals surface area contributed by atoms with E-state index in [0.717, 1.165) is 6.07 Å². The van der Waals surface area contributed by atoms with Crippen molar-refractivity contribution in [2.75, 3.05) is 11.9 Å². The second kappa shape index (κ2) is 7.24. The molecule has 0 atom stereocenters. The van der Waals surface area contributed by atoms with Crippen LogP contribution in [-0.4, -0.2) is 17.4 Å². The lowest BCUT2D eigenvalue weighted by Crippen LogP contribution is -2.20. The molecular weight excluding hydrogens is 322 g/mol. The molecule has 0 saturated heterocycles. The van der Waals surface area contributed by atoms with Crippen LogP contribution < -0.4 is 10.1 Å². The molecule has 0 bridgehead atoms. The average molecular weight is 332 g/mol. The topological polar surface area (TPSA) is 105 Å². The minimum Gasteiger partial charge on any atom is -0.482 e. The second-order valence-electron chi connectivity index (χ2n) is 4.40. The molecule has 0 aliphatic rings. The number of hydrogen-bond donors (Lipinski definition) is 1. The lowest BCUT2D eigenvalue weighted by Gasteiger charge is -2.08. The molecule has 2 aromatic carbocycles. The Bertz CT molecular complexity index is 802. The summed E-state index contributed by atoms with van der Waals surface area (Å²) >= 11 is 5.86. The van der Waals surface area contributed by atoms with Gasteiger partial charge >= 0.3 is 0 Å². The zero-order valence-corrected chi connectivity index (χ0v) is 12.4. The van der Waals surface area contributed by atoms with Crippen molar-refractivity contribution in [3.8, 4) is 11.8 Å². The normalized spacial score (nSPS) is 9.74. The highest BCUT2D eigenvalue weighted by Gasteiger charge is 2.11. The van der Waals surface area contributed by atoms with Gasteiger partial charge in [0.05, 0.1) is 21.6 Å². The molecule has 2 rings (SSSR count). The third kappa shape index (κ3) is 4.43. The zero-order valence-electron chi connectivity index (χ0n) is 11.7. The van der Waals surface area contributed by atoms with Gasteiger partial charge in [0.1, 0.15) is 5.75 Å². The third-order valence-corrected chi connectivity index (χ3v) is 3.06. The number of hydrogen-bond acceptors (Lipinski definition) is 5. The number of carbonyl (C=O) groups excluding carboxylic acids is 1. The molecule has 0 aliphatic heterocycles. The van der Waals surface area contributed by atoms with Crippen LogP contribution in [0, 0.1) is 21.4 Å². The van der Waals surface area contributed by atoms with E-state index < -0.39 is 10.8 Å². The highest BCUT2D eigenvalue weighted by molar-refractivity contribution is 6.32. The molecule has 116 valence electrons. The Hall–Kier alpha value is -3.11. The van der Waals surface area contributed by atoms with Gasteiger partial charge in [-0.3, -0.25) is 14.9 Å². The maximum atomic E-state index is 11.8. The molecule has 7 nitrogen and oxygen atoms in total. The number of anilines is 1. The van der Waals surface area contributed by atoms with Crippen molar-refractivity contribution in [1.29, 1.82) is 5.26 Å². The van der Waals surface area contributed by atoms with Crippen LogP contribution in [0.4, 0.5) is 11.4 Å². The Kier molecular flexibility index (Phi) is 5.12. The molecule has 2 aromatic rings. The molecule has 1 N–H and O–H groups in total. The van der Waals surface area contributed by atoms with E-state index >= 15 is 0 Å². The maximum Gasteiger partial charge on any atom is 0.271 e. The number of nitro groups is 1. The molecule has 0 aromatic heterocycles. The summed E-state index contributed by atoms with van der Waals surface area (Å²) in [5, 5.41) is 22.0.